The Hall–Kier alpha value is -1.90. The van der Waals surface area contributed by atoms with E-state index in [0.717, 1.165) is 11.3 Å². The van der Waals surface area contributed by atoms with Crippen molar-refractivity contribution in [3.63, 3.8) is 0 Å². The van der Waals surface area contributed by atoms with Crippen LogP contribution < -0.4 is 10.6 Å². The summed E-state index contributed by atoms with van der Waals surface area (Å²) in [5, 5.41) is 15.1. The van der Waals surface area contributed by atoms with E-state index in [0.29, 0.717) is 13.2 Å². The molecule has 1 aromatic carbocycles. The maximum absolute atomic E-state index is 12.2. The van der Waals surface area contributed by atoms with Crippen molar-refractivity contribution in [2.45, 2.75) is 25.3 Å². The first-order chi connectivity index (χ1) is 9.97. The second-order valence-corrected chi connectivity index (χ2v) is 5.84. The number of carbonyl (C=O) groups excluding carboxylic acids is 1. The highest BCUT2D eigenvalue weighted by molar-refractivity contribution is 5.93. The average Bonchev–Trinajstić information content (AvgIpc) is 2.96. The Kier molecular flexibility index (Phi) is 4.61. The predicted octanol–water partition coefficient (Wildman–Crippen LogP) is 1.66. The van der Waals surface area contributed by atoms with E-state index in [9.17, 15) is 4.79 Å². The molecule has 1 saturated heterocycles. The van der Waals surface area contributed by atoms with E-state index >= 15 is 0 Å². The molecule has 0 aliphatic carbocycles. The number of rotatable bonds is 4. The van der Waals surface area contributed by atoms with Gasteiger partial charge in [-0.3, -0.25) is 4.79 Å². The molecule has 0 bridgehead atoms. The number of hydrogen-bond donors (Lipinski definition) is 2. The van der Waals surface area contributed by atoms with Gasteiger partial charge in [0.2, 0.25) is 5.91 Å². The zero-order valence-corrected chi connectivity index (χ0v) is 12.6. The number of amides is 1. The van der Waals surface area contributed by atoms with Crippen molar-refractivity contribution in [3.8, 4) is 6.07 Å². The van der Waals surface area contributed by atoms with Gasteiger partial charge >= 0.3 is 0 Å². The number of nitrogens with zero attached hydrogens (tertiary/aromatic N) is 1. The molecule has 112 valence electrons. The van der Waals surface area contributed by atoms with Gasteiger partial charge in [-0.1, -0.05) is 12.1 Å². The summed E-state index contributed by atoms with van der Waals surface area (Å²) in [4.78, 5) is 12.2. The molecule has 1 aliphatic heterocycles. The molecule has 0 spiro atoms. The van der Waals surface area contributed by atoms with Crippen molar-refractivity contribution in [1.29, 1.82) is 5.26 Å². The highest BCUT2D eigenvalue weighted by atomic mass is 16.5. The Balaban J connectivity index is 2.04. The summed E-state index contributed by atoms with van der Waals surface area (Å²) < 4.78 is 5.34. The van der Waals surface area contributed by atoms with E-state index in [-0.39, 0.29) is 17.9 Å². The van der Waals surface area contributed by atoms with Crippen LogP contribution in [0.1, 0.15) is 19.4 Å². The molecule has 1 fully saturated rings. The van der Waals surface area contributed by atoms with Crippen LogP contribution >= 0.6 is 0 Å². The van der Waals surface area contributed by atoms with Crippen molar-refractivity contribution in [1.82, 2.24) is 5.32 Å². The molecular weight excluding hydrogens is 266 g/mol. The van der Waals surface area contributed by atoms with Crippen LogP contribution in [-0.2, 0) is 14.9 Å². The molecule has 2 atom stereocenters. The summed E-state index contributed by atoms with van der Waals surface area (Å²) >= 11 is 0. The van der Waals surface area contributed by atoms with Crippen molar-refractivity contribution in [3.05, 3.63) is 29.8 Å². The first kappa shape index (κ1) is 15.5. The summed E-state index contributed by atoms with van der Waals surface area (Å²) in [6.07, 6.45) is 0. The molecule has 5 heteroatoms. The standard InChI is InChI=1S/C16H21N3O2/c1-16(2,10-17)11-4-6-12(7-5-11)19-15(20)13-8-21-9-14(13)18-3/h4-7,13-14,18H,8-9H2,1-3H3,(H,19,20). The van der Waals surface area contributed by atoms with Gasteiger partial charge in [0, 0.05) is 11.7 Å². The minimum Gasteiger partial charge on any atom is -0.379 e. The van der Waals surface area contributed by atoms with Crippen LogP contribution in [0.5, 0.6) is 0 Å². The normalized spacial score (nSPS) is 21.8. The van der Waals surface area contributed by atoms with Crippen molar-refractivity contribution >= 4 is 11.6 Å². The fourth-order valence-corrected chi connectivity index (χ4v) is 2.37. The number of likely N-dealkylation sites (N-methyl/N-ethyl adjacent to an activating group) is 1. The molecule has 1 amide bonds. The molecule has 2 N–H and O–H groups in total. The average molecular weight is 287 g/mol. The van der Waals surface area contributed by atoms with Crippen molar-refractivity contribution in [2.75, 3.05) is 25.6 Å². The van der Waals surface area contributed by atoms with E-state index in [1.54, 1.807) is 0 Å². The zero-order chi connectivity index (χ0) is 15.5. The molecule has 1 aromatic rings. The Morgan fingerprint density at radius 2 is 2.00 bits per heavy atom. The lowest BCUT2D eigenvalue weighted by Crippen LogP contribution is -2.39. The zero-order valence-electron chi connectivity index (χ0n) is 12.6. The third-order valence-corrected chi connectivity index (χ3v) is 3.94. The van der Waals surface area contributed by atoms with Crippen LogP contribution in [0.4, 0.5) is 5.69 Å². The third-order valence-electron chi connectivity index (χ3n) is 3.94. The highest BCUT2D eigenvalue weighted by Gasteiger charge is 2.33. The molecule has 5 nitrogen and oxygen atoms in total. The van der Waals surface area contributed by atoms with Gasteiger partial charge < -0.3 is 15.4 Å². The van der Waals surface area contributed by atoms with Gasteiger partial charge in [-0.2, -0.15) is 5.26 Å². The molecule has 2 rings (SSSR count). The number of benzene rings is 1. The molecule has 1 aliphatic rings. The fraction of sp³-hybridized carbons (Fsp3) is 0.500. The maximum atomic E-state index is 12.2. The smallest absolute Gasteiger partial charge is 0.231 e. The first-order valence-corrected chi connectivity index (χ1v) is 7.05. The van der Waals surface area contributed by atoms with Gasteiger partial charge in [-0.05, 0) is 38.6 Å². The minimum atomic E-state index is -0.529. The molecule has 21 heavy (non-hydrogen) atoms. The number of hydrogen-bond acceptors (Lipinski definition) is 4. The van der Waals surface area contributed by atoms with Gasteiger partial charge in [-0.25, -0.2) is 0 Å². The van der Waals surface area contributed by atoms with Crippen LogP contribution in [0.25, 0.3) is 0 Å². The Labute approximate surface area is 125 Å². The SMILES string of the molecule is CNC1COCC1C(=O)Nc1ccc(C(C)(C)C#N)cc1. The van der Waals surface area contributed by atoms with E-state index < -0.39 is 5.41 Å². The number of carbonyl (C=O) groups is 1. The van der Waals surface area contributed by atoms with Crippen molar-refractivity contribution < 1.29 is 9.53 Å². The van der Waals surface area contributed by atoms with Crippen molar-refractivity contribution in [2.24, 2.45) is 5.92 Å². The van der Waals surface area contributed by atoms with Gasteiger partial charge in [0.1, 0.15) is 0 Å². The molecule has 2 unspecified atom stereocenters. The topological polar surface area (TPSA) is 74.2 Å². The van der Waals surface area contributed by atoms with Crippen LogP contribution in [0.15, 0.2) is 24.3 Å². The number of nitriles is 1. The van der Waals surface area contributed by atoms with Crippen LogP contribution in [0.3, 0.4) is 0 Å². The van der Waals surface area contributed by atoms with Crippen LogP contribution in [0, 0.1) is 17.2 Å². The van der Waals surface area contributed by atoms with E-state index in [1.807, 2.05) is 45.2 Å². The largest absolute Gasteiger partial charge is 0.379 e. The van der Waals surface area contributed by atoms with Crippen LogP contribution in [-0.4, -0.2) is 32.2 Å². The Morgan fingerprint density at radius 3 is 2.57 bits per heavy atom. The minimum absolute atomic E-state index is 0.0425. The summed E-state index contributed by atoms with van der Waals surface area (Å²) in [6.45, 7) is 4.74. The van der Waals surface area contributed by atoms with E-state index in [2.05, 4.69) is 16.7 Å². The molecule has 0 aromatic heterocycles. The summed E-state index contributed by atoms with van der Waals surface area (Å²) in [5.41, 5.74) is 1.14. The number of ether oxygens (including phenoxy) is 1. The van der Waals surface area contributed by atoms with Gasteiger partial charge in [0.05, 0.1) is 30.6 Å². The summed E-state index contributed by atoms with van der Waals surface area (Å²) in [5.74, 6) is -0.218. The molecule has 0 radical (unpaired) electrons. The second-order valence-electron chi connectivity index (χ2n) is 5.84. The second kappa shape index (κ2) is 6.25. The number of anilines is 1. The maximum Gasteiger partial charge on any atom is 0.231 e. The van der Waals surface area contributed by atoms with Gasteiger partial charge in [0.15, 0.2) is 0 Å². The third kappa shape index (κ3) is 3.41. The lowest BCUT2D eigenvalue weighted by Gasteiger charge is -2.18. The fourth-order valence-electron chi connectivity index (χ4n) is 2.37. The lowest BCUT2D eigenvalue weighted by molar-refractivity contribution is -0.120. The van der Waals surface area contributed by atoms with Gasteiger partial charge in [0.25, 0.3) is 0 Å². The molecule has 0 saturated carbocycles. The summed E-state index contributed by atoms with van der Waals surface area (Å²) in [7, 11) is 1.83. The quantitative estimate of drug-likeness (QED) is 0.883. The highest BCUT2D eigenvalue weighted by Crippen LogP contribution is 2.24. The lowest BCUT2D eigenvalue weighted by atomic mass is 9.86. The van der Waals surface area contributed by atoms with Crippen LogP contribution in [0.2, 0.25) is 0 Å². The van der Waals surface area contributed by atoms with E-state index in [4.69, 9.17) is 10.00 Å². The predicted molar refractivity (Wildman–Crippen MR) is 80.9 cm³/mol. The first-order valence-electron chi connectivity index (χ1n) is 7.05. The molecule has 1 heterocycles. The Bertz CT molecular complexity index is 546. The number of nitrogens with one attached hydrogen (secondary N) is 2. The van der Waals surface area contributed by atoms with Gasteiger partial charge in [-0.15, -0.1) is 0 Å². The Morgan fingerprint density at radius 1 is 1.33 bits per heavy atom. The molecular formula is C16H21N3O2. The monoisotopic (exact) mass is 287 g/mol. The summed E-state index contributed by atoms with van der Waals surface area (Å²) in [6, 6.07) is 9.73. The van der Waals surface area contributed by atoms with E-state index in [1.165, 1.54) is 0 Å².